The molecule has 11 nitrogen and oxygen atoms in total. The Hall–Kier alpha value is -6.62. The molecular formula is C40H31F5N8O3S. The van der Waals surface area contributed by atoms with Gasteiger partial charge in [0.05, 0.1) is 18.1 Å². The zero-order chi connectivity index (χ0) is 39.8. The minimum atomic E-state index is -4.67. The first-order chi connectivity index (χ1) is 27.4. The average Bonchev–Trinajstić information content (AvgIpc) is 3.82. The van der Waals surface area contributed by atoms with Gasteiger partial charge in [-0.25, -0.2) is 18.1 Å². The van der Waals surface area contributed by atoms with E-state index in [2.05, 4.69) is 38.0 Å². The molecule has 17 heteroatoms. The molecule has 0 unspecified atom stereocenters. The van der Waals surface area contributed by atoms with Gasteiger partial charge in [-0.15, -0.1) is 0 Å². The second kappa shape index (κ2) is 15.1. The number of benzene rings is 3. The molecular weight excluding hydrogens is 768 g/mol. The van der Waals surface area contributed by atoms with E-state index in [0.29, 0.717) is 45.1 Å². The summed E-state index contributed by atoms with van der Waals surface area (Å²) in [4.78, 5) is 28.1. The van der Waals surface area contributed by atoms with Crippen molar-refractivity contribution in [3.05, 3.63) is 143 Å². The van der Waals surface area contributed by atoms with Gasteiger partial charge in [0.15, 0.2) is 0 Å². The monoisotopic (exact) mass is 798 g/mol. The SMILES string of the molecule is C=C1C=C(C(F)F)n2ncc(C(=O)NCc3ccccc3OCc3ccc(Sc4ccccc4NC(=O)c4cnn5c4NC(=C4CC4)C=C5C(F)(F)F)cc3)c2N1. The van der Waals surface area contributed by atoms with Crippen LogP contribution in [0.15, 0.2) is 131 Å². The molecule has 4 N–H and O–H groups in total. The summed E-state index contributed by atoms with van der Waals surface area (Å²) in [6, 6.07) is 21.9. The van der Waals surface area contributed by atoms with E-state index in [1.165, 1.54) is 24.0 Å². The second-order valence-corrected chi connectivity index (χ2v) is 14.2. The number of allylic oxidation sites excluding steroid dienone is 5. The second-order valence-electron chi connectivity index (χ2n) is 13.1. The predicted molar refractivity (Wildman–Crippen MR) is 205 cm³/mol. The summed E-state index contributed by atoms with van der Waals surface area (Å²) in [6.07, 6.45) is -1.56. The lowest BCUT2D eigenvalue weighted by atomic mass is 10.2. The molecule has 4 heterocycles. The number of carbonyl (C=O) groups is 2. The molecule has 0 radical (unpaired) electrons. The normalized spacial score (nSPS) is 14.5. The van der Waals surface area contributed by atoms with Crippen LogP contribution in [0.2, 0.25) is 0 Å². The van der Waals surface area contributed by atoms with Gasteiger partial charge in [0.25, 0.3) is 18.2 Å². The van der Waals surface area contributed by atoms with Gasteiger partial charge in [0.1, 0.15) is 46.5 Å². The standard InChI is InChI=1S/C40H31F5N8O3S/c1-22-16-31(35(41)42)52-36(49-22)27(19-47-52)38(54)46-18-25-6-2-4-8-32(25)56-21-23-10-14-26(15-11-23)57-33-9-5-3-7-29(33)51-39(55)28-20-48-53-34(40(43,44)45)17-30(24-12-13-24)50-37(28)53/h2-11,14-17,19-20,35,49-50H,1,12-13,18,21H2,(H,46,54)(H,51,55). The van der Waals surface area contributed by atoms with Gasteiger partial charge in [-0.2, -0.15) is 23.4 Å². The van der Waals surface area contributed by atoms with E-state index >= 15 is 0 Å². The average molecular weight is 799 g/mol. The fraction of sp³-hybridized carbons (Fsp3) is 0.150. The van der Waals surface area contributed by atoms with Crippen LogP contribution < -0.4 is 26.0 Å². The Kier molecular flexibility index (Phi) is 9.91. The number of aromatic nitrogens is 4. The maximum absolute atomic E-state index is 13.9. The Labute approximate surface area is 326 Å². The molecule has 0 spiro atoms. The summed E-state index contributed by atoms with van der Waals surface area (Å²) in [5, 5.41) is 19.3. The van der Waals surface area contributed by atoms with Crippen molar-refractivity contribution in [2.45, 2.75) is 48.4 Å². The summed E-state index contributed by atoms with van der Waals surface area (Å²) in [5.74, 6) is -0.545. The number of rotatable bonds is 11. The number of halogens is 5. The highest BCUT2D eigenvalue weighted by atomic mass is 32.2. The minimum absolute atomic E-state index is 0.0269. The summed E-state index contributed by atoms with van der Waals surface area (Å²) >= 11 is 1.39. The Bertz CT molecular complexity index is 2510. The molecule has 0 saturated heterocycles. The van der Waals surface area contributed by atoms with Crippen LogP contribution in [0, 0.1) is 0 Å². The van der Waals surface area contributed by atoms with Gasteiger partial charge < -0.3 is 26.0 Å². The number of ether oxygens (including phenoxy) is 1. The first-order valence-electron chi connectivity index (χ1n) is 17.5. The van der Waals surface area contributed by atoms with E-state index in [0.717, 1.165) is 33.0 Å². The molecule has 8 rings (SSSR count). The van der Waals surface area contributed by atoms with Crippen molar-refractivity contribution < 1.29 is 36.3 Å². The third-order valence-electron chi connectivity index (χ3n) is 9.12. The lowest BCUT2D eigenvalue weighted by Gasteiger charge is -2.22. The number of amides is 2. The number of para-hydroxylation sites is 2. The van der Waals surface area contributed by atoms with Gasteiger partial charge in [-0.1, -0.05) is 60.8 Å². The van der Waals surface area contributed by atoms with Crippen molar-refractivity contribution >= 4 is 52.3 Å². The van der Waals surface area contributed by atoms with Crippen molar-refractivity contribution in [1.29, 1.82) is 0 Å². The molecule has 2 aliphatic heterocycles. The highest BCUT2D eigenvalue weighted by molar-refractivity contribution is 7.99. The molecule has 5 aromatic rings. The molecule has 2 aromatic heterocycles. The molecule has 57 heavy (non-hydrogen) atoms. The van der Waals surface area contributed by atoms with Crippen molar-refractivity contribution in [3.63, 3.8) is 0 Å². The Morgan fingerprint density at radius 1 is 0.877 bits per heavy atom. The van der Waals surface area contributed by atoms with Gasteiger partial charge in [-0.05, 0) is 66.5 Å². The van der Waals surface area contributed by atoms with Crippen LogP contribution in [0.1, 0.15) is 44.7 Å². The largest absolute Gasteiger partial charge is 0.489 e. The van der Waals surface area contributed by atoms with Crippen LogP contribution in [0.4, 0.5) is 39.3 Å². The number of nitrogens with one attached hydrogen (secondary N) is 4. The highest BCUT2D eigenvalue weighted by Gasteiger charge is 2.41. The summed E-state index contributed by atoms with van der Waals surface area (Å²) in [6.45, 7) is 3.99. The fourth-order valence-electron chi connectivity index (χ4n) is 6.17. The number of carbonyl (C=O) groups excluding carboxylic acids is 2. The van der Waals surface area contributed by atoms with E-state index in [1.807, 2.05) is 36.4 Å². The molecule has 1 aliphatic carbocycles. The summed E-state index contributed by atoms with van der Waals surface area (Å²) in [5.41, 5.74) is 2.12. The van der Waals surface area contributed by atoms with Crippen LogP contribution in [0.5, 0.6) is 5.75 Å². The van der Waals surface area contributed by atoms with Crippen LogP contribution in [0.3, 0.4) is 0 Å². The van der Waals surface area contributed by atoms with Crippen LogP contribution in [-0.2, 0) is 13.2 Å². The molecule has 1 saturated carbocycles. The van der Waals surface area contributed by atoms with Crippen LogP contribution in [-0.4, -0.2) is 44.0 Å². The van der Waals surface area contributed by atoms with E-state index in [-0.39, 0.29) is 47.3 Å². The Balaban J connectivity index is 0.894. The summed E-state index contributed by atoms with van der Waals surface area (Å²) < 4.78 is 76.6. The lowest BCUT2D eigenvalue weighted by molar-refractivity contribution is -0.0744. The molecule has 290 valence electrons. The zero-order valence-corrected chi connectivity index (χ0v) is 30.5. The van der Waals surface area contributed by atoms with Crippen molar-refractivity contribution in [3.8, 4) is 5.75 Å². The lowest BCUT2D eigenvalue weighted by Crippen LogP contribution is -2.25. The first-order valence-corrected chi connectivity index (χ1v) is 18.3. The fourth-order valence-corrected chi connectivity index (χ4v) is 7.07. The van der Waals surface area contributed by atoms with Crippen molar-refractivity contribution in [2.75, 3.05) is 16.0 Å². The number of alkyl halides is 5. The van der Waals surface area contributed by atoms with Crippen LogP contribution >= 0.6 is 11.8 Å². The number of nitrogens with zero attached hydrogens (tertiary/aromatic N) is 4. The van der Waals surface area contributed by atoms with E-state index in [4.69, 9.17) is 4.74 Å². The molecule has 0 atom stereocenters. The third kappa shape index (κ3) is 7.91. The van der Waals surface area contributed by atoms with Crippen LogP contribution in [0.25, 0.3) is 11.4 Å². The van der Waals surface area contributed by atoms with Gasteiger partial charge >= 0.3 is 6.18 Å². The Morgan fingerprint density at radius 3 is 2.30 bits per heavy atom. The van der Waals surface area contributed by atoms with E-state index < -0.39 is 30.1 Å². The smallest absolute Gasteiger partial charge is 0.433 e. The maximum atomic E-state index is 13.9. The molecule has 3 aliphatic rings. The number of hydrogen-bond acceptors (Lipinski definition) is 8. The van der Waals surface area contributed by atoms with Crippen molar-refractivity contribution in [1.82, 2.24) is 24.9 Å². The molecule has 2 amide bonds. The highest BCUT2D eigenvalue weighted by Crippen LogP contribution is 2.42. The topological polar surface area (TPSA) is 127 Å². The van der Waals surface area contributed by atoms with E-state index in [1.54, 1.807) is 36.4 Å². The first kappa shape index (κ1) is 37.3. The Morgan fingerprint density at radius 2 is 1.56 bits per heavy atom. The zero-order valence-electron chi connectivity index (χ0n) is 29.7. The number of hydrogen-bond donors (Lipinski definition) is 4. The molecule has 1 fully saturated rings. The number of anilines is 3. The van der Waals surface area contributed by atoms with Gasteiger partial charge in [0, 0.05) is 33.3 Å². The molecule has 3 aromatic carbocycles. The predicted octanol–water partition coefficient (Wildman–Crippen LogP) is 8.91. The minimum Gasteiger partial charge on any atom is -0.489 e. The van der Waals surface area contributed by atoms with Crippen molar-refractivity contribution in [2.24, 2.45) is 0 Å². The van der Waals surface area contributed by atoms with E-state index in [9.17, 15) is 31.5 Å². The third-order valence-corrected chi connectivity index (χ3v) is 10.2. The van der Waals surface area contributed by atoms with Gasteiger partial charge in [-0.3, -0.25) is 9.59 Å². The quantitative estimate of drug-likeness (QED) is 0.0977. The maximum Gasteiger partial charge on any atom is 0.433 e. The van der Waals surface area contributed by atoms with Gasteiger partial charge in [0.2, 0.25) is 0 Å². The summed E-state index contributed by atoms with van der Waals surface area (Å²) in [7, 11) is 0. The molecule has 0 bridgehead atoms. The number of fused-ring (bicyclic) bond motifs is 2.